The second kappa shape index (κ2) is 9.77. The summed E-state index contributed by atoms with van der Waals surface area (Å²) in [5.74, 6) is 1.12. The number of nitrogens with one attached hydrogen (secondary N) is 1. The minimum absolute atomic E-state index is 0.220. The first-order valence-electron chi connectivity index (χ1n) is 11.0. The van der Waals surface area contributed by atoms with E-state index in [-0.39, 0.29) is 18.5 Å². The molecule has 0 spiro atoms. The van der Waals surface area contributed by atoms with E-state index < -0.39 is 10.0 Å². The Morgan fingerprint density at radius 1 is 1.00 bits per heavy atom. The number of fused-ring (bicyclic) bond motifs is 1. The second-order valence-electron chi connectivity index (χ2n) is 8.34. The van der Waals surface area contributed by atoms with Gasteiger partial charge in [-0.2, -0.15) is 0 Å². The molecule has 0 fully saturated rings. The normalized spacial score (nSPS) is 13.7. The van der Waals surface area contributed by atoms with Crippen LogP contribution in [0.3, 0.4) is 0 Å². The van der Waals surface area contributed by atoms with Gasteiger partial charge in [-0.15, -0.1) is 0 Å². The monoisotopic (exact) mass is 480 g/mol. The smallest absolute Gasteiger partial charge is 0.251 e. The maximum atomic E-state index is 12.8. The van der Waals surface area contributed by atoms with Gasteiger partial charge in [0.15, 0.2) is 11.5 Å². The van der Waals surface area contributed by atoms with Gasteiger partial charge in [0.1, 0.15) is 13.2 Å². The molecule has 3 aromatic carbocycles. The van der Waals surface area contributed by atoms with Gasteiger partial charge in [0.25, 0.3) is 5.91 Å². The van der Waals surface area contributed by atoms with Crippen molar-refractivity contribution in [3.8, 4) is 11.5 Å². The van der Waals surface area contributed by atoms with Crippen LogP contribution in [0.15, 0.2) is 66.7 Å². The van der Waals surface area contributed by atoms with Crippen LogP contribution in [0.2, 0.25) is 0 Å². The number of rotatable bonds is 7. The van der Waals surface area contributed by atoms with Crippen molar-refractivity contribution in [2.45, 2.75) is 26.4 Å². The molecular formula is C26H28N2O5S. The van der Waals surface area contributed by atoms with Gasteiger partial charge in [-0.1, -0.05) is 30.3 Å². The van der Waals surface area contributed by atoms with E-state index in [4.69, 9.17) is 9.47 Å². The third-order valence-electron chi connectivity index (χ3n) is 5.81. The molecule has 4 rings (SSSR count). The fraction of sp³-hybridized carbons (Fsp3) is 0.269. The van der Waals surface area contributed by atoms with E-state index in [0.29, 0.717) is 36.0 Å². The summed E-state index contributed by atoms with van der Waals surface area (Å²) in [5.41, 5.74) is 3.78. The SMILES string of the molecule is Cc1ccccc1CN(c1ccc(C(=O)NC(C)c2ccc3c(c2)OCCO3)cc1)S(C)(=O)=O. The second-order valence-corrected chi connectivity index (χ2v) is 10.2. The van der Waals surface area contributed by atoms with Gasteiger partial charge in [-0.05, 0) is 66.9 Å². The van der Waals surface area contributed by atoms with Gasteiger partial charge in [0, 0.05) is 5.56 Å². The minimum Gasteiger partial charge on any atom is -0.486 e. The van der Waals surface area contributed by atoms with Crippen LogP contribution in [0.25, 0.3) is 0 Å². The summed E-state index contributed by atoms with van der Waals surface area (Å²) in [4.78, 5) is 12.8. The number of hydrogen-bond donors (Lipinski definition) is 1. The summed E-state index contributed by atoms with van der Waals surface area (Å²) in [7, 11) is -3.52. The van der Waals surface area contributed by atoms with Gasteiger partial charge >= 0.3 is 0 Å². The molecular weight excluding hydrogens is 452 g/mol. The van der Waals surface area contributed by atoms with E-state index in [0.717, 1.165) is 16.7 Å². The van der Waals surface area contributed by atoms with E-state index in [9.17, 15) is 13.2 Å². The number of anilines is 1. The molecule has 1 aliphatic rings. The highest BCUT2D eigenvalue weighted by molar-refractivity contribution is 7.92. The highest BCUT2D eigenvalue weighted by Gasteiger charge is 2.20. The van der Waals surface area contributed by atoms with Crippen molar-refractivity contribution in [3.63, 3.8) is 0 Å². The highest BCUT2D eigenvalue weighted by Crippen LogP contribution is 2.32. The molecule has 1 amide bonds. The molecule has 1 N–H and O–H groups in total. The molecule has 7 nitrogen and oxygen atoms in total. The van der Waals surface area contributed by atoms with Crippen LogP contribution in [0.4, 0.5) is 5.69 Å². The maximum Gasteiger partial charge on any atom is 0.251 e. The number of aryl methyl sites for hydroxylation is 1. The number of benzene rings is 3. The van der Waals surface area contributed by atoms with Gasteiger partial charge in [0.05, 0.1) is 24.5 Å². The van der Waals surface area contributed by atoms with Crippen molar-refractivity contribution in [1.29, 1.82) is 0 Å². The first kappa shape index (κ1) is 23.6. The van der Waals surface area contributed by atoms with Crippen LogP contribution in [-0.2, 0) is 16.6 Å². The average Bonchev–Trinajstić information content (AvgIpc) is 2.82. The van der Waals surface area contributed by atoms with Gasteiger partial charge in [-0.3, -0.25) is 9.10 Å². The van der Waals surface area contributed by atoms with E-state index in [2.05, 4.69) is 5.32 Å². The van der Waals surface area contributed by atoms with Crippen molar-refractivity contribution >= 4 is 21.6 Å². The Balaban J connectivity index is 1.48. The predicted molar refractivity (Wildman–Crippen MR) is 132 cm³/mol. The molecule has 0 aromatic heterocycles. The standard InChI is InChI=1S/C26H28N2O5S/c1-18-6-4-5-7-22(18)17-28(34(3,30)31)23-11-8-20(9-12-23)26(29)27-19(2)21-10-13-24-25(16-21)33-15-14-32-24/h4-13,16,19H,14-15,17H2,1-3H3,(H,27,29). The topological polar surface area (TPSA) is 84.9 Å². The van der Waals surface area contributed by atoms with Gasteiger partial charge in [-0.25, -0.2) is 8.42 Å². The van der Waals surface area contributed by atoms with Crippen molar-refractivity contribution < 1.29 is 22.7 Å². The Labute approximate surface area is 200 Å². The third-order valence-corrected chi connectivity index (χ3v) is 6.95. The lowest BCUT2D eigenvalue weighted by atomic mass is 10.1. The van der Waals surface area contributed by atoms with Crippen molar-refractivity contribution in [2.75, 3.05) is 23.8 Å². The molecule has 1 unspecified atom stereocenters. The van der Waals surface area contributed by atoms with Crippen LogP contribution in [0.5, 0.6) is 11.5 Å². The number of amides is 1. The molecule has 3 aromatic rings. The van der Waals surface area contributed by atoms with E-state index in [1.165, 1.54) is 10.6 Å². The predicted octanol–water partition coefficient (Wildman–Crippen LogP) is 4.22. The largest absolute Gasteiger partial charge is 0.486 e. The Morgan fingerprint density at radius 2 is 1.68 bits per heavy atom. The lowest BCUT2D eigenvalue weighted by molar-refractivity contribution is 0.0939. The Hall–Kier alpha value is -3.52. The molecule has 0 saturated carbocycles. The molecule has 0 saturated heterocycles. The molecule has 0 radical (unpaired) electrons. The van der Waals surface area contributed by atoms with E-state index in [1.54, 1.807) is 24.3 Å². The fourth-order valence-corrected chi connectivity index (χ4v) is 4.69. The Morgan fingerprint density at radius 3 is 2.35 bits per heavy atom. The van der Waals surface area contributed by atoms with Crippen molar-refractivity contribution in [3.05, 3.63) is 89.0 Å². The summed E-state index contributed by atoms with van der Waals surface area (Å²) in [6.07, 6.45) is 1.18. The molecule has 1 heterocycles. The van der Waals surface area contributed by atoms with Crippen LogP contribution >= 0.6 is 0 Å². The summed E-state index contributed by atoms with van der Waals surface area (Å²) >= 11 is 0. The zero-order valence-corrected chi connectivity index (χ0v) is 20.3. The zero-order valence-electron chi connectivity index (χ0n) is 19.4. The number of hydrogen-bond acceptors (Lipinski definition) is 5. The first-order chi connectivity index (χ1) is 16.2. The van der Waals surface area contributed by atoms with Gasteiger partial charge < -0.3 is 14.8 Å². The molecule has 0 aliphatic carbocycles. The van der Waals surface area contributed by atoms with Crippen LogP contribution in [-0.4, -0.2) is 33.8 Å². The molecule has 1 aliphatic heterocycles. The Kier molecular flexibility index (Phi) is 6.79. The quantitative estimate of drug-likeness (QED) is 0.547. The fourth-order valence-electron chi connectivity index (χ4n) is 3.81. The molecule has 0 bridgehead atoms. The summed E-state index contributed by atoms with van der Waals surface area (Å²) < 4.78 is 37.5. The number of carbonyl (C=O) groups is 1. The summed E-state index contributed by atoms with van der Waals surface area (Å²) in [6.45, 7) is 5.09. The van der Waals surface area contributed by atoms with Crippen molar-refractivity contribution in [1.82, 2.24) is 5.32 Å². The lowest BCUT2D eigenvalue weighted by Crippen LogP contribution is -2.30. The summed E-state index contributed by atoms with van der Waals surface area (Å²) in [6, 6.07) is 19.6. The molecule has 1 atom stereocenters. The van der Waals surface area contributed by atoms with Crippen LogP contribution < -0.4 is 19.1 Å². The highest BCUT2D eigenvalue weighted by atomic mass is 32.2. The van der Waals surface area contributed by atoms with E-state index >= 15 is 0 Å². The number of nitrogens with zero attached hydrogens (tertiary/aromatic N) is 1. The Bertz CT molecular complexity index is 1290. The molecule has 8 heteroatoms. The third kappa shape index (κ3) is 5.34. The van der Waals surface area contributed by atoms with Crippen molar-refractivity contribution in [2.24, 2.45) is 0 Å². The zero-order chi connectivity index (χ0) is 24.3. The van der Waals surface area contributed by atoms with Gasteiger partial charge in [0.2, 0.25) is 10.0 Å². The number of sulfonamides is 1. The maximum absolute atomic E-state index is 12.8. The average molecular weight is 481 g/mol. The lowest BCUT2D eigenvalue weighted by Gasteiger charge is -2.24. The molecule has 178 valence electrons. The number of carbonyl (C=O) groups excluding carboxylic acids is 1. The van der Waals surface area contributed by atoms with Crippen LogP contribution in [0.1, 0.15) is 40.0 Å². The number of ether oxygens (including phenoxy) is 2. The van der Waals surface area contributed by atoms with Crippen LogP contribution in [0, 0.1) is 6.92 Å². The molecule has 34 heavy (non-hydrogen) atoms. The van der Waals surface area contributed by atoms with E-state index in [1.807, 2.05) is 56.3 Å². The minimum atomic E-state index is -3.52. The summed E-state index contributed by atoms with van der Waals surface area (Å²) in [5, 5.41) is 2.98. The first-order valence-corrected chi connectivity index (χ1v) is 12.9.